The summed E-state index contributed by atoms with van der Waals surface area (Å²) in [6.45, 7) is 1.83. The molecular weight excluding hydrogens is 165 g/mol. The number of amides is 1. The van der Waals surface area contributed by atoms with Crippen molar-refractivity contribution in [2.45, 2.75) is 25.9 Å². The first-order valence-electron chi connectivity index (χ1n) is 3.71. The van der Waals surface area contributed by atoms with Gasteiger partial charge in [0.2, 0.25) is 5.91 Å². The monoisotopic (exact) mass is 179 g/mol. The summed E-state index contributed by atoms with van der Waals surface area (Å²) in [5.41, 5.74) is -0.316. The van der Waals surface area contributed by atoms with Gasteiger partial charge in [-0.1, -0.05) is 6.92 Å². The molecule has 0 bridgehead atoms. The summed E-state index contributed by atoms with van der Waals surface area (Å²) in [6.07, 6.45) is 0.267. The molecule has 72 valence electrons. The molecule has 0 saturated heterocycles. The number of hydrogen-bond donors (Lipinski definition) is 3. The molecule has 3 N–H and O–H groups in total. The molecule has 2 atom stereocenters. The Morgan fingerprint density at radius 2 is 2.25 bits per heavy atom. The lowest BCUT2D eigenvalue weighted by Gasteiger charge is -2.27. The molecule has 0 saturated carbocycles. The van der Waals surface area contributed by atoms with Gasteiger partial charge in [-0.15, -0.1) is 0 Å². The van der Waals surface area contributed by atoms with Gasteiger partial charge < -0.3 is 5.11 Å². The van der Waals surface area contributed by atoms with Gasteiger partial charge in [-0.2, -0.15) is 0 Å². The molecule has 2 unspecified atom stereocenters. The van der Waals surface area contributed by atoms with E-state index >= 15 is 0 Å². The maximum Gasteiger partial charge on any atom is 0.249 e. The number of aliphatic hydroxyl groups is 1. The molecule has 0 aliphatic rings. The first-order chi connectivity index (χ1) is 5.49. The molecule has 0 aliphatic heterocycles. The maximum atomic E-state index is 12.2. The Morgan fingerprint density at radius 1 is 1.75 bits per heavy atom. The van der Waals surface area contributed by atoms with E-state index in [9.17, 15) is 14.3 Å². The topological polar surface area (TPSA) is 69.6 Å². The van der Waals surface area contributed by atoms with Crippen LogP contribution >= 0.6 is 0 Å². The first-order valence-corrected chi connectivity index (χ1v) is 3.71. The Hall–Kier alpha value is -0.680. The van der Waals surface area contributed by atoms with Crippen LogP contribution in [0.15, 0.2) is 0 Å². The van der Waals surface area contributed by atoms with Gasteiger partial charge in [-0.25, -0.2) is 9.87 Å². The Balaban J connectivity index is 4.43. The molecule has 0 fully saturated rings. The number of nitrogens with one attached hydrogen (secondary N) is 1. The van der Waals surface area contributed by atoms with Crippen LogP contribution in [0.5, 0.6) is 0 Å². The van der Waals surface area contributed by atoms with Crippen LogP contribution < -0.4 is 5.48 Å². The van der Waals surface area contributed by atoms with Crippen molar-refractivity contribution in [1.29, 1.82) is 0 Å². The third-order valence-electron chi connectivity index (χ3n) is 1.86. The van der Waals surface area contributed by atoms with E-state index in [1.165, 1.54) is 12.4 Å². The Labute approximate surface area is 70.3 Å². The predicted molar refractivity (Wildman–Crippen MR) is 40.3 cm³/mol. The van der Waals surface area contributed by atoms with Gasteiger partial charge in [0.05, 0.1) is 5.92 Å². The van der Waals surface area contributed by atoms with Crippen molar-refractivity contribution in [1.82, 2.24) is 5.48 Å². The third kappa shape index (κ3) is 2.42. The van der Waals surface area contributed by atoms with Crippen LogP contribution in [0.3, 0.4) is 0 Å². The first kappa shape index (κ1) is 11.3. The van der Waals surface area contributed by atoms with Crippen molar-refractivity contribution >= 4 is 5.91 Å². The van der Waals surface area contributed by atoms with Gasteiger partial charge in [0.15, 0.2) is 0 Å². The zero-order chi connectivity index (χ0) is 9.78. The number of carbonyl (C=O) groups excluding carboxylic acids is 1. The van der Waals surface area contributed by atoms with E-state index in [0.717, 1.165) is 0 Å². The Morgan fingerprint density at radius 3 is 2.50 bits per heavy atom. The van der Waals surface area contributed by atoms with Crippen LogP contribution in [-0.4, -0.2) is 28.5 Å². The molecule has 1 amide bonds. The van der Waals surface area contributed by atoms with E-state index < -0.39 is 24.1 Å². The zero-order valence-corrected chi connectivity index (χ0v) is 7.17. The van der Waals surface area contributed by atoms with Crippen LogP contribution in [0.4, 0.5) is 4.39 Å². The summed E-state index contributed by atoms with van der Waals surface area (Å²) in [4.78, 5) is 10.9. The Kier molecular flexibility index (Phi) is 4.12. The van der Waals surface area contributed by atoms with E-state index in [-0.39, 0.29) is 6.42 Å². The SMILES string of the molecule is CCC(C(=O)NO)C(C)(O)CF. The van der Waals surface area contributed by atoms with E-state index in [2.05, 4.69) is 0 Å². The zero-order valence-electron chi connectivity index (χ0n) is 7.17. The molecule has 0 aromatic heterocycles. The van der Waals surface area contributed by atoms with Crippen molar-refractivity contribution in [3.63, 3.8) is 0 Å². The fraction of sp³-hybridized carbons (Fsp3) is 0.857. The van der Waals surface area contributed by atoms with Crippen LogP contribution in [0.2, 0.25) is 0 Å². The molecule has 0 aliphatic carbocycles. The molecule has 0 rings (SSSR count). The highest BCUT2D eigenvalue weighted by atomic mass is 19.1. The second kappa shape index (κ2) is 4.37. The molecule has 0 heterocycles. The number of alkyl halides is 1. The highest BCUT2D eigenvalue weighted by Crippen LogP contribution is 2.21. The van der Waals surface area contributed by atoms with Gasteiger partial charge in [-0.3, -0.25) is 10.0 Å². The maximum absolute atomic E-state index is 12.2. The second-order valence-corrected chi connectivity index (χ2v) is 2.93. The molecule has 0 aromatic rings. The number of carbonyl (C=O) groups is 1. The average Bonchev–Trinajstić information content (AvgIpc) is 2.05. The fourth-order valence-electron chi connectivity index (χ4n) is 1.08. The predicted octanol–water partition coefficient (Wildman–Crippen LogP) is 0.239. The Bertz CT molecular complexity index is 161. The van der Waals surface area contributed by atoms with Gasteiger partial charge in [0.25, 0.3) is 0 Å². The van der Waals surface area contributed by atoms with E-state index in [4.69, 9.17) is 5.21 Å². The van der Waals surface area contributed by atoms with Crippen molar-refractivity contribution in [3.8, 4) is 0 Å². The fourth-order valence-corrected chi connectivity index (χ4v) is 1.08. The highest BCUT2D eigenvalue weighted by molar-refractivity contribution is 5.78. The molecule has 5 heteroatoms. The van der Waals surface area contributed by atoms with Crippen LogP contribution in [0.25, 0.3) is 0 Å². The normalized spacial score (nSPS) is 18.1. The van der Waals surface area contributed by atoms with Crippen LogP contribution in [-0.2, 0) is 4.79 Å². The molecule has 4 nitrogen and oxygen atoms in total. The number of hydrogen-bond acceptors (Lipinski definition) is 3. The van der Waals surface area contributed by atoms with E-state index in [0.29, 0.717) is 0 Å². The van der Waals surface area contributed by atoms with Crippen molar-refractivity contribution in [2.75, 3.05) is 6.67 Å². The summed E-state index contributed by atoms with van der Waals surface area (Å²) < 4.78 is 12.2. The van der Waals surface area contributed by atoms with Gasteiger partial charge in [0.1, 0.15) is 12.3 Å². The molecule has 0 radical (unpaired) electrons. The van der Waals surface area contributed by atoms with Crippen molar-refractivity contribution < 1.29 is 19.5 Å². The quantitative estimate of drug-likeness (QED) is 0.427. The van der Waals surface area contributed by atoms with Crippen molar-refractivity contribution in [2.24, 2.45) is 5.92 Å². The highest BCUT2D eigenvalue weighted by Gasteiger charge is 2.35. The van der Waals surface area contributed by atoms with Gasteiger partial charge in [0, 0.05) is 0 Å². The second-order valence-electron chi connectivity index (χ2n) is 2.93. The molecular formula is C7H14FNO3. The summed E-state index contributed by atoms with van der Waals surface area (Å²) in [6, 6.07) is 0. The molecule has 12 heavy (non-hydrogen) atoms. The minimum Gasteiger partial charge on any atom is -0.387 e. The summed E-state index contributed by atoms with van der Waals surface area (Å²) in [7, 11) is 0. The number of hydroxylamine groups is 1. The summed E-state index contributed by atoms with van der Waals surface area (Å²) in [5.74, 6) is -1.69. The lowest BCUT2D eigenvalue weighted by molar-refractivity contribution is -0.143. The molecule has 0 aromatic carbocycles. The minimum atomic E-state index is -1.71. The summed E-state index contributed by atoms with van der Waals surface area (Å²) >= 11 is 0. The largest absolute Gasteiger partial charge is 0.387 e. The number of halogens is 1. The lowest BCUT2D eigenvalue weighted by Crippen LogP contribution is -2.45. The lowest BCUT2D eigenvalue weighted by atomic mass is 9.87. The smallest absolute Gasteiger partial charge is 0.249 e. The average molecular weight is 179 g/mol. The van der Waals surface area contributed by atoms with Gasteiger partial charge in [-0.05, 0) is 13.3 Å². The minimum absolute atomic E-state index is 0.267. The van der Waals surface area contributed by atoms with Crippen LogP contribution in [0.1, 0.15) is 20.3 Å². The molecule has 0 spiro atoms. The van der Waals surface area contributed by atoms with Crippen LogP contribution in [0, 0.1) is 5.92 Å². The standard InChI is InChI=1S/C7H14FNO3/c1-3-5(6(10)9-12)7(2,11)4-8/h5,11-12H,3-4H2,1-2H3,(H,9,10). The van der Waals surface area contributed by atoms with Crippen molar-refractivity contribution in [3.05, 3.63) is 0 Å². The van der Waals surface area contributed by atoms with E-state index in [1.807, 2.05) is 0 Å². The third-order valence-corrected chi connectivity index (χ3v) is 1.86. The number of rotatable bonds is 4. The summed E-state index contributed by atoms with van der Waals surface area (Å²) in [5, 5.41) is 17.6. The van der Waals surface area contributed by atoms with Gasteiger partial charge >= 0.3 is 0 Å². The van der Waals surface area contributed by atoms with E-state index in [1.54, 1.807) is 6.92 Å².